The summed E-state index contributed by atoms with van der Waals surface area (Å²) in [6, 6.07) is 6.34. The van der Waals surface area contributed by atoms with Crippen LogP contribution in [0.4, 0.5) is 4.39 Å². The van der Waals surface area contributed by atoms with E-state index < -0.39 is 0 Å². The summed E-state index contributed by atoms with van der Waals surface area (Å²) in [7, 11) is 0. The highest BCUT2D eigenvalue weighted by Gasteiger charge is 2.09. The second-order valence-corrected chi connectivity index (χ2v) is 5.40. The topological polar surface area (TPSA) is 29.1 Å². The number of nitrogens with one attached hydrogen (secondary N) is 1. The third kappa shape index (κ3) is 2.52. The van der Waals surface area contributed by atoms with Gasteiger partial charge in [0, 0.05) is 15.7 Å². The van der Waals surface area contributed by atoms with Crippen LogP contribution in [0.1, 0.15) is 9.67 Å². The summed E-state index contributed by atoms with van der Waals surface area (Å²) in [5.74, 6) is -0.355. The fourth-order valence-corrected chi connectivity index (χ4v) is 2.64. The summed E-state index contributed by atoms with van der Waals surface area (Å²) in [6.07, 6.45) is 0. The van der Waals surface area contributed by atoms with E-state index in [2.05, 4.69) is 27.9 Å². The molecule has 2 aromatic rings. The summed E-state index contributed by atoms with van der Waals surface area (Å²) < 4.78 is 14.6. The molecule has 0 bridgehead atoms. The van der Waals surface area contributed by atoms with Crippen LogP contribution in [0.3, 0.4) is 0 Å². The van der Waals surface area contributed by atoms with E-state index in [4.69, 9.17) is 0 Å². The van der Waals surface area contributed by atoms with E-state index in [1.165, 1.54) is 23.5 Å². The van der Waals surface area contributed by atoms with Gasteiger partial charge in [-0.1, -0.05) is 28.7 Å². The number of carbonyl (C=O) groups is 1. The Morgan fingerprint density at radius 1 is 1.44 bits per heavy atom. The van der Waals surface area contributed by atoms with Crippen LogP contribution < -0.4 is 5.32 Å². The van der Waals surface area contributed by atoms with Crippen molar-refractivity contribution in [3.63, 3.8) is 0 Å². The van der Waals surface area contributed by atoms with E-state index in [1.807, 2.05) is 0 Å². The first-order valence-electron chi connectivity index (χ1n) is 4.74. The lowest BCUT2D eigenvalue weighted by Gasteiger charge is -1.98. The lowest BCUT2D eigenvalue weighted by molar-refractivity contribution is 0.0960. The quantitative estimate of drug-likeness (QED) is 0.669. The first-order chi connectivity index (χ1) is 7.70. The molecule has 5 heteroatoms. The Morgan fingerprint density at radius 2 is 2.25 bits per heavy atom. The third-order valence-corrected chi connectivity index (χ3v) is 3.72. The molecule has 1 aromatic carbocycles. The number of alkyl halides is 1. The maximum atomic E-state index is 13.0. The molecule has 1 amide bonds. The molecule has 1 heterocycles. The molecule has 0 saturated carbocycles. The van der Waals surface area contributed by atoms with Crippen molar-refractivity contribution < 1.29 is 9.18 Å². The molecule has 2 rings (SSSR count). The predicted molar refractivity (Wildman–Crippen MR) is 73.0 cm³/mol. The number of carbonyl (C=O) groups excluding carboxylic acids is 1. The van der Waals surface area contributed by atoms with Gasteiger partial charge < -0.3 is 5.32 Å². The molecule has 1 N–H and O–H groups in total. The van der Waals surface area contributed by atoms with Crippen molar-refractivity contribution in [1.82, 2.24) is 5.32 Å². The largest absolute Gasteiger partial charge is 0.351 e. The Hall–Kier alpha value is -0.690. The van der Waals surface area contributed by atoms with Crippen molar-refractivity contribution in [3.8, 4) is 0 Å². The molecular weight excluding hydrogens is 340 g/mol. The van der Waals surface area contributed by atoms with E-state index in [9.17, 15) is 9.18 Å². The molecule has 0 aliphatic heterocycles. The SMILES string of the molecule is O=C(NCCI)c1cc2ccc(F)cc2s1. The Bertz CT molecular complexity index is 526. The fourth-order valence-electron chi connectivity index (χ4n) is 1.36. The minimum Gasteiger partial charge on any atom is -0.351 e. The molecule has 0 aliphatic rings. The van der Waals surface area contributed by atoms with E-state index >= 15 is 0 Å². The molecule has 0 unspecified atom stereocenters. The minimum absolute atomic E-state index is 0.0849. The molecular formula is C11H9FINOS. The van der Waals surface area contributed by atoms with Crippen LogP contribution in [0.2, 0.25) is 0 Å². The fraction of sp³-hybridized carbons (Fsp3) is 0.182. The van der Waals surface area contributed by atoms with Crippen molar-refractivity contribution in [1.29, 1.82) is 0 Å². The van der Waals surface area contributed by atoms with Crippen LogP contribution >= 0.6 is 33.9 Å². The van der Waals surface area contributed by atoms with E-state index in [0.29, 0.717) is 11.4 Å². The smallest absolute Gasteiger partial charge is 0.261 e. The highest BCUT2D eigenvalue weighted by molar-refractivity contribution is 14.1. The molecule has 0 atom stereocenters. The van der Waals surface area contributed by atoms with Crippen molar-refractivity contribution in [2.24, 2.45) is 0 Å². The summed E-state index contributed by atoms with van der Waals surface area (Å²) in [5.41, 5.74) is 0. The van der Waals surface area contributed by atoms with Gasteiger partial charge >= 0.3 is 0 Å². The van der Waals surface area contributed by atoms with Crippen molar-refractivity contribution >= 4 is 49.9 Å². The highest BCUT2D eigenvalue weighted by atomic mass is 127. The van der Waals surface area contributed by atoms with Crippen LogP contribution in [-0.2, 0) is 0 Å². The number of amides is 1. The maximum Gasteiger partial charge on any atom is 0.261 e. The first kappa shape index (κ1) is 11.8. The molecule has 84 valence electrons. The van der Waals surface area contributed by atoms with Gasteiger partial charge in [-0.05, 0) is 23.6 Å². The number of benzene rings is 1. The summed E-state index contributed by atoms with van der Waals surface area (Å²) in [4.78, 5) is 12.3. The van der Waals surface area contributed by atoms with Gasteiger partial charge in [-0.2, -0.15) is 0 Å². The monoisotopic (exact) mass is 349 g/mol. The second kappa shape index (κ2) is 5.09. The number of thiophene rings is 1. The Balaban J connectivity index is 2.28. The van der Waals surface area contributed by atoms with Gasteiger partial charge in [0.05, 0.1) is 4.88 Å². The molecule has 0 spiro atoms. The van der Waals surface area contributed by atoms with E-state index in [0.717, 1.165) is 14.5 Å². The van der Waals surface area contributed by atoms with Crippen molar-refractivity contribution in [2.75, 3.05) is 11.0 Å². The van der Waals surface area contributed by atoms with Gasteiger partial charge in [0.15, 0.2) is 0 Å². The maximum absolute atomic E-state index is 13.0. The number of hydrogen-bond donors (Lipinski definition) is 1. The van der Waals surface area contributed by atoms with E-state index in [-0.39, 0.29) is 11.7 Å². The number of rotatable bonds is 3. The van der Waals surface area contributed by atoms with Crippen molar-refractivity contribution in [2.45, 2.75) is 0 Å². The molecule has 0 radical (unpaired) electrons. The van der Waals surface area contributed by atoms with Gasteiger partial charge in [0.25, 0.3) is 5.91 Å². The number of hydrogen-bond acceptors (Lipinski definition) is 2. The van der Waals surface area contributed by atoms with Gasteiger partial charge in [-0.25, -0.2) is 4.39 Å². The standard InChI is InChI=1S/C11H9FINOS/c12-8-2-1-7-5-10(16-9(7)6-8)11(15)14-4-3-13/h1-2,5-6H,3-4H2,(H,14,15). The molecule has 0 aliphatic carbocycles. The third-order valence-electron chi connectivity index (χ3n) is 2.09. The molecule has 16 heavy (non-hydrogen) atoms. The average molecular weight is 349 g/mol. The predicted octanol–water partition coefficient (Wildman–Crippen LogP) is 3.21. The number of fused-ring (bicyclic) bond motifs is 1. The normalized spacial score (nSPS) is 10.6. The van der Waals surface area contributed by atoms with Gasteiger partial charge in [-0.3, -0.25) is 4.79 Å². The van der Waals surface area contributed by atoms with Gasteiger partial charge in [0.1, 0.15) is 5.82 Å². The first-order valence-corrected chi connectivity index (χ1v) is 7.08. The zero-order chi connectivity index (χ0) is 11.5. The van der Waals surface area contributed by atoms with Crippen LogP contribution in [-0.4, -0.2) is 16.9 Å². The van der Waals surface area contributed by atoms with Crippen LogP contribution in [0, 0.1) is 5.82 Å². The van der Waals surface area contributed by atoms with Gasteiger partial charge in [-0.15, -0.1) is 11.3 Å². The lowest BCUT2D eigenvalue weighted by Crippen LogP contribution is -2.24. The summed E-state index contributed by atoms with van der Waals surface area (Å²) >= 11 is 3.51. The van der Waals surface area contributed by atoms with Gasteiger partial charge in [0.2, 0.25) is 0 Å². The van der Waals surface area contributed by atoms with Crippen molar-refractivity contribution in [3.05, 3.63) is 35.0 Å². The van der Waals surface area contributed by atoms with E-state index in [1.54, 1.807) is 12.1 Å². The Labute approximate surface area is 110 Å². The molecule has 2 nitrogen and oxygen atoms in total. The van der Waals surface area contributed by atoms with Crippen LogP contribution in [0.15, 0.2) is 24.3 Å². The number of halogens is 2. The average Bonchev–Trinajstić information content (AvgIpc) is 2.68. The molecule has 0 saturated heterocycles. The van der Waals surface area contributed by atoms with Crippen LogP contribution in [0.25, 0.3) is 10.1 Å². The summed E-state index contributed by atoms with van der Waals surface area (Å²) in [5, 5.41) is 3.70. The highest BCUT2D eigenvalue weighted by Crippen LogP contribution is 2.26. The second-order valence-electron chi connectivity index (χ2n) is 3.24. The zero-order valence-corrected chi connectivity index (χ0v) is 11.3. The molecule has 1 aromatic heterocycles. The lowest BCUT2D eigenvalue weighted by atomic mass is 10.2. The molecule has 0 fully saturated rings. The Kier molecular flexibility index (Phi) is 3.75. The van der Waals surface area contributed by atoms with Crippen LogP contribution in [0.5, 0.6) is 0 Å². The summed E-state index contributed by atoms with van der Waals surface area (Å²) in [6.45, 7) is 0.655. The zero-order valence-electron chi connectivity index (χ0n) is 8.30. The minimum atomic E-state index is -0.270. The Morgan fingerprint density at radius 3 is 3.00 bits per heavy atom.